The third-order valence-electron chi connectivity index (χ3n) is 2.66. The van der Waals surface area contributed by atoms with Crippen LogP contribution in [-0.2, 0) is 6.42 Å². The molecule has 17 heavy (non-hydrogen) atoms. The Hall–Kier alpha value is -1.48. The molecule has 0 aliphatic heterocycles. The topological polar surface area (TPSA) is 15.3 Å². The van der Waals surface area contributed by atoms with E-state index in [-0.39, 0.29) is 0 Å². The molecular weight excluding hydrogens is 228 g/mol. The molecule has 2 rings (SSSR count). The smallest absolute Gasteiger partial charge is 0.0362 e. The molecule has 0 spiro atoms. The largest absolute Gasteiger partial charge is 0.385 e. The summed E-state index contributed by atoms with van der Waals surface area (Å²) < 4.78 is 0. The Balaban J connectivity index is 1.83. The van der Waals surface area contributed by atoms with Gasteiger partial charge in [0.25, 0.3) is 0 Å². The van der Waals surface area contributed by atoms with Crippen LogP contribution >= 0.6 is 11.3 Å². The highest BCUT2D eigenvalue weighted by Gasteiger charge is 1.96. The number of benzene rings is 1. The van der Waals surface area contributed by atoms with E-state index in [1.165, 1.54) is 16.3 Å². The normalized spacial score (nSPS) is 10.2. The summed E-state index contributed by atoms with van der Waals surface area (Å²) in [6, 6.07) is 12.8. The SMILES string of the molecule is CN(C)c1ccc(NCCc2cccs2)cc1. The van der Waals surface area contributed by atoms with Gasteiger partial charge >= 0.3 is 0 Å². The van der Waals surface area contributed by atoms with Crippen molar-refractivity contribution in [3.05, 3.63) is 46.7 Å². The van der Waals surface area contributed by atoms with Gasteiger partial charge in [-0.25, -0.2) is 0 Å². The van der Waals surface area contributed by atoms with E-state index in [4.69, 9.17) is 0 Å². The van der Waals surface area contributed by atoms with Gasteiger partial charge in [0.15, 0.2) is 0 Å². The molecule has 0 aliphatic carbocycles. The summed E-state index contributed by atoms with van der Waals surface area (Å²) in [5.74, 6) is 0. The summed E-state index contributed by atoms with van der Waals surface area (Å²) in [4.78, 5) is 3.54. The molecule has 0 unspecified atom stereocenters. The van der Waals surface area contributed by atoms with Gasteiger partial charge in [-0.3, -0.25) is 0 Å². The van der Waals surface area contributed by atoms with E-state index < -0.39 is 0 Å². The van der Waals surface area contributed by atoms with Crippen molar-refractivity contribution in [1.82, 2.24) is 0 Å². The van der Waals surface area contributed by atoms with Crippen molar-refractivity contribution in [3.8, 4) is 0 Å². The number of nitrogens with one attached hydrogen (secondary N) is 1. The Bertz CT molecular complexity index is 432. The van der Waals surface area contributed by atoms with E-state index in [1.807, 2.05) is 11.3 Å². The Labute approximate surface area is 107 Å². The molecule has 1 heterocycles. The minimum atomic E-state index is 0.988. The number of hydrogen-bond acceptors (Lipinski definition) is 3. The van der Waals surface area contributed by atoms with Gasteiger partial charge in [0, 0.05) is 36.9 Å². The fourth-order valence-electron chi connectivity index (χ4n) is 1.66. The van der Waals surface area contributed by atoms with Crippen LogP contribution in [0.2, 0.25) is 0 Å². The Morgan fingerprint density at radius 3 is 2.47 bits per heavy atom. The fraction of sp³-hybridized carbons (Fsp3) is 0.286. The van der Waals surface area contributed by atoms with Crippen LogP contribution in [0.1, 0.15) is 4.88 Å². The Morgan fingerprint density at radius 2 is 1.88 bits per heavy atom. The lowest BCUT2D eigenvalue weighted by Gasteiger charge is -2.13. The number of rotatable bonds is 5. The molecule has 0 fully saturated rings. The molecule has 0 atom stereocenters. The lowest BCUT2D eigenvalue weighted by Crippen LogP contribution is -2.08. The maximum absolute atomic E-state index is 3.44. The van der Waals surface area contributed by atoms with Crippen LogP contribution in [0.15, 0.2) is 41.8 Å². The van der Waals surface area contributed by atoms with E-state index in [1.54, 1.807) is 0 Å². The standard InChI is InChI=1S/C14H18N2S/c1-16(2)13-7-5-12(6-8-13)15-10-9-14-4-3-11-17-14/h3-8,11,15H,9-10H2,1-2H3. The predicted molar refractivity (Wildman–Crippen MR) is 77.3 cm³/mol. The van der Waals surface area contributed by atoms with Crippen molar-refractivity contribution in [2.45, 2.75) is 6.42 Å². The first-order valence-corrected chi connectivity index (χ1v) is 6.67. The summed E-state index contributed by atoms with van der Waals surface area (Å²) in [7, 11) is 4.11. The summed E-state index contributed by atoms with van der Waals surface area (Å²) in [5.41, 5.74) is 2.42. The first-order valence-electron chi connectivity index (χ1n) is 5.79. The van der Waals surface area contributed by atoms with Crippen LogP contribution in [-0.4, -0.2) is 20.6 Å². The number of thiophene rings is 1. The molecule has 0 aliphatic rings. The third-order valence-corrected chi connectivity index (χ3v) is 3.60. The first kappa shape index (κ1) is 12.0. The second kappa shape index (κ2) is 5.73. The molecule has 2 nitrogen and oxygen atoms in total. The zero-order valence-electron chi connectivity index (χ0n) is 10.3. The van der Waals surface area contributed by atoms with Crippen LogP contribution in [0.3, 0.4) is 0 Å². The number of hydrogen-bond donors (Lipinski definition) is 1. The van der Waals surface area contributed by atoms with Gasteiger partial charge in [0.1, 0.15) is 0 Å². The van der Waals surface area contributed by atoms with Gasteiger partial charge < -0.3 is 10.2 Å². The molecule has 0 bridgehead atoms. The molecule has 1 aromatic heterocycles. The van der Waals surface area contributed by atoms with Crippen LogP contribution < -0.4 is 10.2 Å². The zero-order chi connectivity index (χ0) is 12.1. The highest BCUT2D eigenvalue weighted by atomic mass is 32.1. The summed E-state index contributed by atoms with van der Waals surface area (Å²) >= 11 is 1.82. The van der Waals surface area contributed by atoms with E-state index in [2.05, 4.69) is 66.1 Å². The average molecular weight is 246 g/mol. The van der Waals surface area contributed by atoms with Gasteiger partial charge in [0.05, 0.1) is 0 Å². The van der Waals surface area contributed by atoms with Crippen LogP contribution in [0, 0.1) is 0 Å². The summed E-state index contributed by atoms with van der Waals surface area (Å²) in [6.45, 7) is 0.988. The lowest BCUT2D eigenvalue weighted by atomic mass is 10.2. The average Bonchev–Trinajstić information content (AvgIpc) is 2.83. The predicted octanol–water partition coefficient (Wildman–Crippen LogP) is 3.47. The second-order valence-electron chi connectivity index (χ2n) is 4.20. The first-order chi connectivity index (χ1) is 8.25. The van der Waals surface area contributed by atoms with Crippen LogP contribution in [0.4, 0.5) is 11.4 Å². The van der Waals surface area contributed by atoms with Gasteiger partial charge in [-0.1, -0.05) is 6.07 Å². The molecule has 0 saturated carbocycles. The molecule has 0 radical (unpaired) electrons. The van der Waals surface area contributed by atoms with Crippen molar-refractivity contribution in [3.63, 3.8) is 0 Å². The van der Waals surface area contributed by atoms with Crippen molar-refractivity contribution < 1.29 is 0 Å². The third kappa shape index (κ3) is 3.49. The van der Waals surface area contributed by atoms with E-state index in [0.717, 1.165) is 13.0 Å². The number of nitrogens with zero attached hydrogens (tertiary/aromatic N) is 1. The van der Waals surface area contributed by atoms with Crippen molar-refractivity contribution in [2.75, 3.05) is 30.9 Å². The summed E-state index contributed by atoms with van der Waals surface area (Å²) in [5, 5.41) is 5.56. The highest BCUT2D eigenvalue weighted by Crippen LogP contribution is 2.16. The highest BCUT2D eigenvalue weighted by molar-refractivity contribution is 7.09. The fourth-order valence-corrected chi connectivity index (χ4v) is 2.37. The monoisotopic (exact) mass is 246 g/mol. The number of anilines is 2. The van der Waals surface area contributed by atoms with E-state index >= 15 is 0 Å². The van der Waals surface area contributed by atoms with Crippen molar-refractivity contribution in [1.29, 1.82) is 0 Å². The van der Waals surface area contributed by atoms with E-state index in [9.17, 15) is 0 Å². The molecule has 1 aromatic carbocycles. The zero-order valence-corrected chi connectivity index (χ0v) is 11.1. The molecular formula is C14H18N2S. The molecule has 0 saturated heterocycles. The van der Waals surface area contributed by atoms with Crippen LogP contribution in [0.5, 0.6) is 0 Å². The lowest BCUT2D eigenvalue weighted by molar-refractivity contribution is 1.04. The molecule has 2 aromatic rings. The van der Waals surface area contributed by atoms with Gasteiger partial charge in [-0.2, -0.15) is 0 Å². The minimum Gasteiger partial charge on any atom is -0.385 e. The van der Waals surface area contributed by atoms with Crippen molar-refractivity contribution in [2.24, 2.45) is 0 Å². The molecule has 1 N–H and O–H groups in total. The van der Waals surface area contributed by atoms with Gasteiger partial charge in [0.2, 0.25) is 0 Å². The Kier molecular flexibility index (Phi) is 4.04. The van der Waals surface area contributed by atoms with Crippen molar-refractivity contribution >= 4 is 22.7 Å². The van der Waals surface area contributed by atoms with E-state index in [0.29, 0.717) is 0 Å². The van der Waals surface area contributed by atoms with Gasteiger partial charge in [-0.15, -0.1) is 11.3 Å². The molecule has 3 heteroatoms. The van der Waals surface area contributed by atoms with Crippen LogP contribution in [0.25, 0.3) is 0 Å². The maximum atomic E-state index is 3.44. The molecule has 90 valence electrons. The van der Waals surface area contributed by atoms with Gasteiger partial charge in [-0.05, 0) is 42.1 Å². The Morgan fingerprint density at radius 1 is 1.12 bits per heavy atom. The molecule has 0 amide bonds. The quantitative estimate of drug-likeness (QED) is 0.869. The maximum Gasteiger partial charge on any atom is 0.0362 e. The second-order valence-corrected chi connectivity index (χ2v) is 5.23. The summed E-state index contributed by atoms with van der Waals surface area (Å²) in [6.07, 6.45) is 1.09. The minimum absolute atomic E-state index is 0.988.